The van der Waals surface area contributed by atoms with Gasteiger partial charge in [-0.1, -0.05) is 11.3 Å². The molecule has 4 heterocycles. The molecule has 0 aliphatic carbocycles. The largest absolute Gasteiger partial charge is 0.496 e. The SMILES string of the molecule is COc1ccc(F)cc1[C@H](Cn1c(=O)n(C(C)(C)C(N)=O)c(=O)c2c(C)c(-n3nccn3)sc21)OC1CCOCC1. The summed E-state index contributed by atoms with van der Waals surface area (Å²) in [5, 5.41) is 9.12. The fourth-order valence-electron chi connectivity index (χ4n) is 4.99. The van der Waals surface area contributed by atoms with E-state index in [9.17, 15) is 18.8 Å². The first-order valence-electron chi connectivity index (χ1n) is 13.1. The van der Waals surface area contributed by atoms with Gasteiger partial charge in [0, 0.05) is 24.3 Å². The summed E-state index contributed by atoms with van der Waals surface area (Å²) in [5.74, 6) is -0.980. The maximum Gasteiger partial charge on any atom is 0.333 e. The zero-order valence-corrected chi connectivity index (χ0v) is 23.9. The molecule has 3 aromatic heterocycles. The zero-order chi connectivity index (χ0) is 29.5. The number of primary amides is 1. The van der Waals surface area contributed by atoms with Gasteiger partial charge in [0.05, 0.1) is 37.5 Å². The molecule has 1 fully saturated rings. The predicted octanol–water partition coefficient (Wildman–Crippen LogP) is 2.42. The fraction of sp³-hybridized carbons (Fsp3) is 0.444. The summed E-state index contributed by atoms with van der Waals surface area (Å²) in [6.45, 7) is 5.44. The van der Waals surface area contributed by atoms with Crippen LogP contribution in [0.25, 0.3) is 15.2 Å². The van der Waals surface area contributed by atoms with Crippen LogP contribution in [0.5, 0.6) is 5.75 Å². The lowest BCUT2D eigenvalue weighted by Gasteiger charge is -2.30. The van der Waals surface area contributed by atoms with Gasteiger partial charge in [-0.15, -0.1) is 4.80 Å². The smallest absolute Gasteiger partial charge is 0.333 e. The molecule has 14 heteroatoms. The molecule has 0 saturated carbocycles. The number of nitrogens with zero attached hydrogens (tertiary/aromatic N) is 5. The summed E-state index contributed by atoms with van der Waals surface area (Å²) in [5.41, 5.74) is 3.50. The fourth-order valence-corrected chi connectivity index (χ4v) is 6.21. The minimum absolute atomic E-state index is 0.118. The van der Waals surface area contributed by atoms with Crippen molar-refractivity contribution in [3.05, 3.63) is 68.4 Å². The summed E-state index contributed by atoms with van der Waals surface area (Å²) in [4.78, 5) is 42.2. The highest BCUT2D eigenvalue weighted by atomic mass is 32.1. The average Bonchev–Trinajstić information content (AvgIpc) is 3.59. The van der Waals surface area contributed by atoms with Gasteiger partial charge in [-0.05, 0) is 51.8 Å². The van der Waals surface area contributed by atoms with E-state index in [0.717, 1.165) is 15.9 Å². The van der Waals surface area contributed by atoms with E-state index >= 15 is 0 Å². The number of methoxy groups -OCH3 is 1. The first kappa shape index (κ1) is 28.6. The number of carbonyl (C=O) groups is 1. The molecule has 12 nitrogen and oxygen atoms in total. The highest BCUT2D eigenvalue weighted by Crippen LogP contribution is 2.35. The number of nitrogens with two attached hydrogens (primary N) is 1. The summed E-state index contributed by atoms with van der Waals surface area (Å²) < 4.78 is 34.3. The standard InChI is InChI=1S/C27H31FN6O6S/c1-15-21-22(35)33(27(2,3)25(29)36)26(37)32(24(21)41-23(15)34-30-9-10-31-34)14-20(40-17-7-11-39-12-8-17)18-13-16(28)5-6-19(18)38-4/h5-6,9-10,13,17,20H,7-8,11-12,14H2,1-4H3,(H2,29,36)/t20-/m0/s1. The number of fused-ring (bicyclic) bond motifs is 1. The molecular weight excluding hydrogens is 555 g/mol. The van der Waals surface area contributed by atoms with Gasteiger partial charge in [0.25, 0.3) is 5.56 Å². The number of carbonyl (C=O) groups excluding carboxylic acids is 1. The van der Waals surface area contributed by atoms with Crippen LogP contribution < -0.4 is 21.7 Å². The van der Waals surface area contributed by atoms with Crippen molar-refractivity contribution in [1.29, 1.82) is 0 Å². The number of hydrogen-bond acceptors (Lipinski definition) is 9. The Hall–Kier alpha value is -3.88. The van der Waals surface area contributed by atoms with Crippen molar-refractivity contribution in [2.24, 2.45) is 5.73 Å². The van der Waals surface area contributed by atoms with Crippen LogP contribution in [0.1, 0.15) is 43.9 Å². The molecule has 2 N–H and O–H groups in total. The van der Waals surface area contributed by atoms with Gasteiger partial charge in [0.15, 0.2) is 0 Å². The topological polar surface area (TPSA) is 145 Å². The lowest BCUT2D eigenvalue weighted by molar-refractivity contribution is -0.125. The lowest BCUT2D eigenvalue weighted by atomic mass is 10.0. The molecule has 1 saturated heterocycles. The Balaban J connectivity index is 1.77. The van der Waals surface area contributed by atoms with Gasteiger partial charge >= 0.3 is 5.69 Å². The van der Waals surface area contributed by atoms with Crippen LogP contribution in [-0.4, -0.2) is 56.5 Å². The Morgan fingerprint density at radius 1 is 1.24 bits per heavy atom. The number of ether oxygens (including phenoxy) is 3. The number of hydrogen-bond donors (Lipinski definition) is 1. The Morgan fingerprint density at radius 3 is 2.56 bits per heavy atom. The minimum Gasteiger partial charge on any atom is -0.496 e. The van der Waals surface area contributed by atoms with Crippen molar-refractivity contribution >= 4 is 27.5 Å². The molecule has 0 spiro atoms. The van der Waals surface area contributed by atoms with E-state index < -0.39 is 34.6 Å². The first-order chi connectivity index (χ1) is 19.5. The summed E-state index contributed by atoms with van der Waals surface area (Å²) >= 11 is 1.15. The van der Waals surface area contributed by atoms with Gasteiger partial charge in [0.1, 0.15) is 33.0 Å². The minimum atomic E-state index is -1.66. The predicted molar refractivity (Wildman–Crippen MR) is 149 cm³/mol. The van der Waals surface area contributed by atoms with Crippen molar-refractivity contribution in [3.63, 3.8) is 0 Å². The van der Waals surface area contributed by atoms with Gasteiger partial charge in [-0.3, -0.25) is 14.2 Å². The summed E-state index contributed by atoms with van der Waals surface area (Å²) in [6.07, 6.45) is 3.13. The molecule has 5 rings (SSSR count). The molecule has 1 amide bonds. The third kappa shape index (κ3) is 5.18. The van der Waals surface area contributed by atoms with E-state index in [1.165, 1.54) is 60.9 Å². The Labute approximate surface area is 238 Å². The van der Waals surface area contributed by atoms with E-state index in [-0.39, 0.29) is 18.0 Å². The molecule has 0 unspecified atom stereocenters. The zero-order valence-electron chi connectivity index (χ0n) is 23.1. The van der Waals surface area contributed by atoms with Crippen molar-refractivity contribution < 1.29 is 23.4 Å². The number of amides is 1. The van der Waals surface area contributed by atoms with Gasteiger partial charge < -0.3 is 19.9 Å². The number of rotatable bonds is 9. The highest BCUT2D eigenvalue weighted by Gasteiger charge is 2.35. The summed E-state index contributed by atoms with van der Waals surface area (Å²) in [6, 6.07) is 4.09. The third-order valence-corrected chi connectivity index (χ3v) is 8.64. The van der Waals surface area contributed by atoms with Crippen LogP contribution >= 0.6 is 11.3 Å². The summed E-state index contributed by atoms with van der Waals surface area (Å²) in [7, 11) is 1.47. The van der Waals surface area contributed by atoms with Crippen LogP contribution in [0.15, 0.2) is 40.2 Å². The second kappa shape index (κ2) is 11.2. The van der Waals surface area contributed by atoms with Crippen LogP contribution in [0.3, 0.4) is 0 Å². The molecule has 0 bridgehead atoms. The second-order valence-electron chi connectivity index (χ2n) is 10.3. The van der Waals surface area contributed by atoms with Gasteiger partial charge in [-0.25, -0.2) is 13.8 Å². The Morgan fingerprint density at radius 2 is 1.93 bits per heavy atom. The molecule has 4 aromatic rings. The molecule has 1 atom stereocenters. The van der Waals surface area contributed by atoms with Crippen molar-refractivity contribution in [2.75, 3.05) is 20.3 Å². The van der Waals surface area contributed by atoms with E-state index in [1.807, 2.05) is 0 Å². The Bertz CT molecular complexity index is 1700. The molecule has 0 radical (unpaired) electrons. The maximum atomic E-state index is 14.6. The molecule has 218 valence electrons. The normalized spacial score (nSPS) is 15.3. The van der Waals surface area contributed by atoms with Crippen LogP contribution in [0.2, 0.25) is 0 Å². The third-order valence-electron chi connectivity index (χ3n) is 7.36. The quantitative estimate of drug-likeness (QED) is 0.315. The molecule has 1 aromatic carbocycles. The number of thiophene rings is 1. The number of aromatic nitrogens is 5. The monoisotopic (exact) mass is 586 g/mol. The highest BCUT2D eigenvalue weighted by molar-refractivity contribution is 7.21. The van der Waals surface area contributed by atoms with Crippen molar-refractivity contribution in [2.45, 2.75) is 57.9 Å². The van der Waals surface area contributed by atoms with Crippen molar-refractivity contribution in [1.82, 2.24) is 24.1 Å². The molecule has 41 heavy (non-hydrogen) atoms. The molecule has 1 aliphatic rings. The molecule has 1 aliphatic heterocycles. The van der Waals surface area contributed by atoms with E-state index in [2.05, 4.69) is 10.2 Å². The first-order valence-corrected chi connectivity index (χ1v) is 13.9. The maximum absolute atomic E-state index is 14.6. The second-order valence-corrected chi connectivity index (χ2v) is 11.3. The molecular formula is C27H31FN6O6S. The van der Waals surface area contributed by atoms with Crippen LogP contribution in [0.4, 0.5) is 4.39 Å². The lowest BCUT2D eigenvalue weighted by Crippen LogP contribution is -2.54. The van der Waals surface area contributed by atoms with Gasteiger partial charge in [-0.2, -0.15) is 10.2 Å². The van der Waals surface area contributed by atoms with Crippen LogP contribution in [-0.2, 0) is 26.4 Å². The van der Waals surface area contributed by atoms with E-state index in [0.29, 0.717) is 52.8 Å². The van der Waals surface area contributed by atoms with Crippen LogP contribution in [0, 0.1) is 12.7 Å². The number of aryl methyl sites for hydroxylation is 1. The van der Waals surface area contributed by atoms with E-state index in [1.54, 1.807) is 6.92 Å². The number of benzene rings is 1. The average molecular weight is 587 g/mol. The van der Waals surface area contributed by atoms with Crippen molar-refractivity contribution in [3.8, 4) is 10.8 Å². The van der Waals surface area contributed by atoms with E-state index in [4.69, 9.17) is 19.9 Å². The Kier molecular flexibility index (Phi) is 7.81. The number of halogens is 1. The van der Waals surface area contributed by atoms with Gasteiger partial charge in [0.2, 0.25) is 5.91 Å².